The molecule has 4 rings (SSSR count). The normalized spacial score (nSPS) is 24.4. The van der Waals surface area contributed by atoms with Gasteiger partial charge in [-0.2, -0.15) is 0 Å². The van der Waals surface area contributed by atoms with Crippen molar-refractivity contribution in [3.8, 4) is 0 Å². The molecule has 1 amide bonds. The summed E-state index contributed by atoms with van der Waals surface area (Å²) in [5.41, 5.74) is 2.12. The van der Waals surface area contributed by atoms with Gasteiger partial charge in [-0.1, -0.05) is 25.5 Å². The fourth-order valence-corrected chi connectivity index (χ4v) is 5.08. The van der Waals surface area contributed by atoms with Crippen LogP contribution in [0.15, 0.2) is 34.1 Å². The summed E-state index contributed by atoms with van der Waals surface area (Å²) in [6, 6.07) is 1.62. The number of hydrogen-bond acceptors (Lipinski definition) is 5. The Morgan fingerprint density at radius 2 is 2.00 bits per heavy atom. The van der Waals surface area contributed by atoms with Gasteiger partial charge in [0.25, 0.3) is 5.56 Å². The molecular formula is C21H28N4O2S. The van der Waals surface area contributed by atoms with E-state index in [-0.39, 0.29) is 16.9 Å². The van der Waals surface area contributed by atoms with Crippen molar-refractivity contribution in [2.75, 3.05) is 26.2 Å². The van der Waals surface area contributed by atoms with Crippen molar-refractivity contribution in [1.29, 1.82) is 0 Å². The van der Waals surface area contributed by atoms with Crippen molar-refractivity contribution >= 4 is 22.2 Å². The highest BCUT2D eigenvalue weighted by atomic mass is 32.1. The fraction of sp³-hybridized carbons (Fsp3) is 0.571. The SMILES string of the molecule is CC(C)=C[C@H]1[C@@H](C(=O)N2CCN(Cc3cc(=O)n4ccsc4n3)CC2)C1(C)C. The van der Waals surface area contributed by atoms with Crippen LogP contribution < -0.4 is 5.56 Å². The summed E-state index contributed by atoms with van der Waals surface area (Å²) in [6.07, 6.45) is 4.01. The number of allylic oxidation sites excluding steroid dienone is 2. The minimum atomic E-state index is -0.0312. The highest BCUT2D eigenvalue weighted by Gasteiger charge is 2.61. The van der Waals surface area contributed by atoms with Crippen LogP contribution in [0.4, 0.5) is 0 Å². The van der Waals surface area contributed by atoms with Crippen molar-refractivity contribution in [2.45, 2.75) is 34.2 Å². The minimum Gasteiger partial charge on any atom is -0.340 e. The average molecular weight is 401 g/mol. The van der Waals surface area contributed by atoms with Crippen LogP contribution in [-0.2, 0) is 11.3 Å². The largest absolute Gasteiger partial charge is 0.340 e. The van der Waals surface area contributed by atoms with Crippen LogP contribution in [0.5, 0.6) is 0 Å². The van der Waals surface area contributed by atoms with E-state index in [1.165, 1.54) is 16.9 Å². The zero-order valence-corrected chi connectivity index (χ0v) is 17.8. The number of thiazole rings is 1. The molecule has 0 spiro atoms. The number of hydrogen-bond donors (Lipinski definition) is 0. The lowest BCUT2D eigenvalue weighted by atomic mass is 10.1. The Hall–Kier alpha value is -1.99. The predicted octanol–water partition coefficient (Wildman–Crippen LogP) is 2.64. The van der Waals surface area contributed by atoms with Gasteiger partial charge in [0, 0.05) is 50.4 Å². The van der Waals surface area contributed by atoms with Gasteiger partial charge in [0.15, 0.2) is 4.96 Å². The molecule has 3 heterocycles. The molecule has 2 aliphatic rings. The molecule has 1 aliphatic carbocycles. The van der Waals surface area contributed by atoms with Gasteiger partial charge < -0.3 is 4.90 Å². The Morgan fingerprint density at radius 3 is 2.68 bits per heavy atom. The van der Waals surface area contributed by atoms with Crippen LogP contribution in [-0.4, -0.2) is 51.3 Å². The Morgan fingerprint density at radius 1 is 1.29 bits per heavy atom. The number of nitrogens with zero attached hydrogens (tertiary/aromatic N) is 4. The molecule has 6 nitrogen and oxygen atoms in total. The third-order valence-electron chi connectivity index (χ3n) is 6.12. The molecule has 1 saturated heterocycles. The number of carbonyl (C=O) groups excluding carboxylic acids is 1. The second-order valence-electron chi connectivity index (χ2n) is 8.81. The van der Waals surface area contributed by atoms with Gasteiger partial charge in [0.2, 0.25) is 5.91 Å². The smallest absolute Gasteiger partial charge is 0.258 e. The van der Waals surface area contributed by atoms with Crippen LogP contribution >= 0.6 is 11.3 Å². The predicted molar refractivity (Wildman–Crippen MR) is 111 cm³/mol. The lowest BCUT2D eigenvalue weighted by molar-refractivity contribution is -0.135. The molecule has 28 heavy (non-hydrogen) atoms. The summed E-state index contributed by atoms with van der Waals surface area (Å²) >= 11 is 1.47. The summed E-state index contributed by atoms with van der Waals surface area (Å²) in [6.45, 7) is 12.4. The molecule has 0 N–H and O–H groups in total. The lowest BCUT2D eigenvalue weighted by Gasteiger charge is -2.35. The Kier molecular flexibility index (Phi) is 4.91. The van der Waals surface area contributed by atoms with Crippen molar-refractivity contribution in [1.82, 2.24) is 19.2 Å². The molecule has 2 fully saturated rings. The maximum atomic E-state index is 13.0. The third kappa shape index (κ3) is 3.53. The molecule has 2 atom stereocenters. The molecule has 7 heteroatoms. The maximum absolute atomic E-state index is 13.0. The zero-order chi connectivity index (χ0) is 20.1. The number of rotatable bonds is 4. The van der Waals surface area contributed by atoms with E-state index in [4.69, 9.17) is 0 Å². The summed E-state index contributed by atoms with van der Waals surface area (Å²) in [5.74, 6) is 0.762. The molecule has 0 radical (unpaired) electrons. The van der Waals surface area contributed by atoms with Crippen molar-refractivity contribution < 1.29 is 4.79 Å². The standard InChI is InChI=1S/C21H28N4O2S/c1-14(2)11-16-18(21(16,3)4)19(27)24-7-5-23(6-8-24)13-15-12-17(26)25-9-10-28-20(25)22-15/h9-12,16,18H,5-8,13H2,1-4H3/t16-,18-/m0/s1. The quantitative estimate of drug-likeness (QED) is 0.741. The monoisotopic (exact) mass is 400 g/mol. The van der Waals surface area contributed by atoms with Crippen LogP contribution in [0, 0.1) is 17.3 Å². The van der Waals surface area contributed by atoms with Crippen molar-refractivity contribution in [3.05, 3.63) is 45.3 Å². The first-order chi connectivity index (χ1) is 13.3. The molecule has 1 saturated carbocycles. The van der Waals surface area contributed by atoms with Gasteiger partial charge in [0.05, 0.1) is 11.6 Å². The minimum absolute atomic E-state index is 0.0312. The van der Waals surface area contributed by atoms with E-state index in [1.54, 1.807) is 16.7 Å². The number of piperazine rings is 1. The Labute approximate surface area is 169 Å². The van der Waals surface area contributed by atoms with Crippen LogP contribution in [0.2, 0.25) is 0 Å². The highest BCUT2D eigenvalue weighted by molar-refractivity contribution is 7.15. The molecular weight excluding hydrogens is 372 g/mol. The van der Waals surface area contributed by atoms with Crippen molar-refractivity contribution in [2.24, 2.45) is 17.3 Å². The van der Waals surface area contributed by atoms with E-state index < -0.39 is 0 Å². The van der Waals surface area contributed by atoms with Crippen molar-refractivity contribution in [3.63, 3.8) is 0 Å². The van der Waals surface area contributed by atoms with Crippen LogP contribution in [0.25, 0.3) is 4.96 Å². The summed E-state index contributed by atoms with van der Waals surface area (Å²) in [4.78, 5) is 34.8. The third-order valence-corrected chi connectivity index (χ3v) is 6.87. The number of fused-ring (bicyclic) bond motifs is 1. The summed E-state index contributed by atoms with van der Waals surface area (Å²) in [7, 11) is 0. The number of amides is 1. The van der Waals surface area contributed by atoms with Gasteiger partial charge >= 0.3 is 0 Å². The second-order valence-corrected chi connectivity index (χ2v) is 9.68. The first kappa shape index (κ1) is 19.3. The second kappa shape index (κ2) is 7.12. The summed E-state index contributed by atoms with van der Waals surface area (Å²) < 4.78 is 1.57. The van der Waals surface area contributed by atoms with E-state index in [2.05, 4.69) is 43.7 Å². The fourth-order valence-electron chi connectivity index (χ4n) is 4.34. The summed E-state index contributed by atoms with van der Waals surface area (Å²) in [5, 5.41) is 1.87. The molecule has 1 aliphatic heterocycles. The first-order valence-electron chi connectivity index (χ1n) is 9.89. The molecule has 2 aromatic heterocycles. The molecule has 0 unspecified atom stereocenters. The highest BCUT2D eigenvalue weighted by Crippen LogP contribution is 2.60. The molecule has 0 bridgehead atoms. The van der Waals surface area contributed by atoms with Crippen LogP contribution in [0.1, 0.15) is 33.4 Å². The van der Waals surface area contributed by atoms with Gasteiger partial charge in [-0.3, -0.25) is 18.9 Å². The van der Waals surface area contributed by atoms with E-state index >= 15 is 0 Å². The topological polar surface area (TPSA) is 57.9 Å². The average Bonchev–Trinajstić information content (AvgIpc) is 2.96. The van der Waals surface area contributed by atoms with Gasteiger partial charge in [-0.15, -0.1) is 11.3 Å². The molecule has 150 valence electrons. The first-order valence-corrected chi connectivity index (χ1v) is 10.8. The van der Waals surface area contributed by atoms with E-state index in [9.17, 15) is 9.59 Å². The lowest BCUT2D eigenvalue weighted by Crippen LogP contribution is -2.49. The Balaban J connectivity index is 1.36. The van der Waals surface area contributed by atoms with E-state index in [1.807, 2.05) is 10.3 Å². The van der Waals surface area contributed by atoms with Gasteiger partial charge in [-0.05, 0) is 25.2 Å². The van der Waals surface area contributed by atoms with Gasteiger partial charge in [0.1, 0.15) is 0 Å². The maximum Gasteiger partial charge on any atom is 0.258 e. The zero-order valence-electron chi connectivity index (χ0n) is 17.0. The van der Waals surface area contributed by atoms with E-state index in [0.717, 1.165) is 36.8 Å². The Bertz CT molecular complexity index is 978. The number of carbonyl (C=O) groups is 1. The number of aromatic nitrogens is 2. The van der Waals surface area contributed by atoms with E-state index in [0.29, 0.717) is 18.4 Å². The molecule has 2 aromatic rings. The molecule has 0 aromatic carbocycles. The van der Waals surface area contributed by atoms with Crippen LogP contribution in [0.3, 0.4) is 0 Å². The van der Waals surface area contributed by atoms with Gasteiger partial charge in [-0.25, -0.2) is 4.98 Å².